The molecule has 9 heteroatoms. The van der Waals surface area contributed by atoms with Crippen LogP contribution in [0.15, 0.2) is 53.3 Å². The summed E-state index contributed by atoms with van der Waals surface area (Å²) < 4.78 is 1.42. The lowest BCUT2D eigenvalue weighted by atomic mass is 9.85. The molecule has 3 N–H and O–H groups in total. The minimum Gasteiger partial charge on any atom is -0.381 e. The molecule has 1 fully saturated rings. The van der Waals surface area contributed by atoms with Crippen molar-refractivity contribution >= 4 is 28.4 Å². The van der Waals surface area contributed by atoms with Gasteiger partial charge in [-0.15, -0.1) is 0 Å². The molecule has 1 saturated heterocycles. The van der Waals surface area contributed by atoms with Crippen LogP contribution in [0.3, 0.4) is 0 Å². The summed E-state index contributed by atoms with van der Waals surface area (Å²) in [6.45, 7) is 5.68. The van der Waals surface area contributed by atoms with Crippen LogP contribution in [-0.2, 0) is 15.2 Å². The Morgan fingerprint density at radius 1 is 1.09 bits per heavy atom. The molecule has 0 spiro atoms. The van der Waals surface area contributed by atoms with Crippen molar-refractivity contribution in [2.24, 2.45) is 5.92 Å². The summed E-state index contributed by atoms with van der Waals surface area (Å²) in [4.78, 5) is 46.5. The fraction of sp³-hybridized carbons (Fsp3) is 0.385. The quantitative estimate of drug-likeness (QED) is 0.533. The lowest BCUT2D eigenvalue weighted by Gasteiger charge is -2.37. The van der Waals surface area contributed by atoms with Crippen LogP contribution in [0.25, 0.3) is 10.9 Å². The van der Waals surface area contributed by atoms with Crippen molar-refractivity contribution in [2.45, 2.75) is 57.1 Å². The molecule has 3 aromatic rings. The molecule has 0 aliphatic carbocycles. The standard InChI is InChI=1S/C26H27N5O4/c1-13(2)20-24(34)31-18-11-7-5-9-16(18)26(35,25(31)29-20)12-19-22(32)27-14(3)21-28-17-10-6-4-8-15(17)23(33)30(19)21/h4-11,13-14,19-20,25,29,35H,12H2,1-3H3,(H,27,32)/t14-,19+,20-,25-,26-/m0/s1. The highest BCUT2D eigenvalue weighted by atomic mass is 16.3. The van der Waals surface area contributed by atoms with Gasteiger partial charge in [0.05, 0.1) is 28.7 Å². The van der Waals surface area contributed by atoms with E-state index in [1.165, 1.54) is 4.57 Å². The maximum Gasteiger partial charge on any atom is 0.262 e. The Hall–Kier alpha value is -3.56. The first-order valence-electron chi connectivity index (χ1n) is 11.9. The number of carbonyl (C=O) groups excluding carboxylic acids is 2. The van der Waals surface area contributed by atoms with Crippen LogP contribution < -0.4 is 21.1 Å². The van der Waals surface area contributed by atoms with Gasteiger partial charge in [-0.1, -0.05) is 44.2 Å². The van der Waals surface area contributed by atoms with Gasteiger partial charge in [-0.3, -0.25) is 29.2 Å². The number of para-hydroxylation sites is 2. The maximum atomic E-state index is 13.6. The zero-order chi connectivity index (χ0) is 24.6. The minimum absolute atomic E-state index is 0.0160. The van der Waals surface area contributed by atoms with E-state index >= 15 is 0 Å². The number of aromatic nitrogens is 2. The number of nitrogens with zero attached hydrogens (tertiary/aromatic N) is 3. The fourth-order valence-electron chi connectivity index (χ4n) is 5.84. The van der Waals surface area contributed by atoms with E-state index in [1.807, 2.05) is 26.0 Å². The molecule has 35 heavy (non-hydrogen) atoms. The number of carbonyl (C=O) groups is 2. The first-order chi connectivity index (χ1) is 16.7. The largest absolute Gasteiger partial charge is 0.381 e. The minimum atomic E-state index is -1.60. The van der Waals surface area contributed by atoms with E-state index in [2.05, 4.69) is 15.6 Å². The molecule has 9 nitrogen and oxygen atoms in total. The smallest absolute Gasteiger partial charge is 0.262 e. The molecule has 6 rings (SSSR count). The van der Waals surface area contributed by atoms with E-state index < -0.39 is 29.9 Å². The molecule has 5 atom stereocenters. The number of nitrogens with one attached hydrogen (secondary N) is 2. The molecule has 0 bridgehead atoms. The average Bonchev–Trinajstić information content (AvgIpc) is 3.31. The molecule has 2 amide bonds. The summed E-state index contributed by atoms with van der Waals surface area (Å²) in [6, 6.07) is 12.3. The average molecular weight is 474 g/mol. The SMILES string of the molecule is CC(C)[C@@H]1N[C@H]2N(C1=O)c1ccccc1[C@@]2(O)C[C@@H]1C(=O)N[C@@H](C)c2nc3ccccc3c(=O)n21. The summed E-state index contributed by atoms with van der Waals surface area (Å²) in [7, 11) is 0. The zero-order valence-electron chi connectivity index (χ0n) is 19.7. The molecule has 180 valence electrons. The topological polar surface area (TPSA) is 117 Å². The molecule has 1 aromatic heterocycles. The molecule has 0 saturated carbocycles. The van der Waals surface area contributed by atoms with Gasteiger partial charge in [0, 0.05) is 12.0 Å². The van der Waals surface area contributed by atoms with Crippen LogP contribution in [0.1, 0.15) is 50.7 Å². The summed E-state index contributed by atoms with van der Waals surface area (Å²) in [5.41, 5.74) is -0.179. The highest BCUT2D eigenvalue weighted by molar-refractivity contribution is 6.03. The number of benzene rings is 2. The second-order valence-electron chi connectivity index (χ2n) is 10.1. The van der Waals surface area contributed by atoms with Crippen molar-refractivity contribution in [3.63, 3.8) is 0 Å². The Balaban J connectivity index is 1.51. The van der Waals surface area contributed by atoms with E-state index in [0.29, 0.717) is 28.0 Å². The van der Waals surface area contributed by atoms with Crippen LogP contribution in [0.5, 0.6) is 0 Å². The highest BCUT2D eigenvalue weighted by Gasteiger charge is 2.59. The van der Waals surface area contributed by atoms with Gasteiger partial charge in [0.2, 0.25) is 11.8 Å². The number of fused-ring (bicyclic) bond motifs is 5. The van der Waals surface area contributed by atoms with E-state index in [0.717, 1.165) is 0 Å². The van der Waals surface area contributed by atoms with E-state index in [1.54, 1.807) is 48.2 Å². The number of rotatable bonds is 3. The lowest BCUT2D eigenvalue weighted by molar-refractivity contribution is -0.129. The van der Waals surface area contributed by atoms with Crippen LogP contribution in [0.2, 0.25) is 0 Å². The predicted octanol–water partition coefficient (Wildman–Crippen LogP) is 1.71. The Morgan fingerprint density at radius 2 is 1.80 bits per heavy atom. The van der Waals surface area contributed by atoms with E-state index in [9.17, 15) is 19.5 Å². The third kappa shape index (κ3) is 2.94. The normalized spacial score (nSPS) is 29.3. The second-order valence-corrected chi connectivity index (χ2v) is 10.1. The Morgan fingerprint density at radius 3 is 2.57 bits per heavy atom. The predicted molar refractivity (Wildman–Crippen MR) is 130 cm³/mol. The summed E-state index contributed by atoms with van der Waals surface area (Å²) in [5.74, 6) is -0.0126. The number of amides is 2. The Kier molecular flexibility index (Phi) is 4.68. The Labute approximate surface area is 201 Å². The van der Waals surface area contributed by atoms with Gasteiger partial charge in [-0.2, -0.15) is 0 Å². The monoisotopic (exact) mass is 473 g/mol. The number of anilines is 1. The van der Waals surface area contributed by atoms with Crippen LogP contribution in [0.4, 0.5) is 5.69 Å². The maximum absolute atomic E-state index is 13.6. The molecular formula is C26H27N5O4. The summed E-state index contributed by atoms with van der Waals surface area (Å²) in [5, 5.41) is 18.9. The highest BCUT2D eigenvalue weighted by Crippen LogP contribution is 2.50. The van der Waals surface area contributed by atoms with Crippen molar-refractivity contribution in [2.75, 3.05) is 4.90 Å². The van der Waals surface area contributed by atoms with Crippen molar-refractivity contribution in [3.8, 4) is 0 Å². The van der Waals surface area contributed by atoms with Gasteiger partial charge >= 0.3 is 0 Å². The van der Waals surface area contributed by atoms with Crippen LogP contribution in [-0.4, -0.2) is 38.7 Å². The van der Waals surface area contributed by atoms with Crippen LogP contribution in [0, 0.1) is 5.92 Å². The van der Waals surface area contributed by atoms with Crippen molar-refractivity contribution < 1.29 is 14.7 Å². The first kappa shape index (κ1) is 21.9. The molecule has 4 heterocycles. The van der Waals surface area contributed by atoms with Gasteiger partial charge in [-0.25, -0.2) is 4.98 Å². The second kappa shape index (κ2) is 7.47. The van der Waals surface area contributed by atoms with Crippen molar-refractivity contribution in [3.05, 3.63) is 70.3 Å². The molecule has 2 aromatic carbocycles. The lowest BCUT2D eigenvalue weighted by Crippen LogP contribution is -2.54. The van der Waals surface area contributed by atoms with Crippen molar-refractivity contribution in [1.82, 2.24) is 20.2 Å². The van der Waals surface area contributed by atoms with Gasteiger partial charge in [-0.05, 0) is 31.0 Å². The number of hydrogen-bond donors (Lipinski definition) is 3. The zero-order valence-corrected chi connectivity index (χ0v) is 19.7. The number of aliphatic hydroxyl groups is 1. The van der Waals surface area contributed by atoms with Gasteiger partial charge in [0.25, 0.3) is 5.56 Å². The third-order valence-corrected chi connectivity index (χ3v) is 7.55. The van der Waals surface area contributed by atoms with E-state index in [-0.39, 0.29) is 29.7 Å². The molecule has 0 unspecified atom stereocenters. The number of hydrogen-bond acceptors (Lipinski definition) is 6. The van der Waals surface area contributed by atoms with E-state index in [4.69, 9.17) is 0 Å². The van der Waals surface area contributed by atoms with Gasteiger partial charge in [0.15, 0.2) is 0 Å². The third-order valence-electron chi connectivity index (χ3n) is 7.55. The van der Waals surface area contributed by atoms with Gasteiger partial charge in [0.1, 0.15) is 23.6 Å². The molecule has 3 aliphatic rings. The van der Waals surface area contributed by atoms with Crippen LogP contribution >= 0.6 is 0 Å². The molecule has 3 aliphatic heterocycles. The fourth-order valence-corrected chi connectivity index (χ4v) is 5.84. The summed E-state index contributed by atoms with van der Waals surface area (Å²) in [6.07, 6.45) is -0.846. The van der Waals surface area contributed by atoms with Gasteiger partial charge < -0.3 is 10.4 Å². The summed E-state index contributed by atoms with van der Waals surface area (Å²) >= 11 is 0. The first-order valence-corrected chi connectivity index (χ1v) is 11.9. The Bertz CT molecular complexity index is 1450. The molecule has 0 radical (unpaired) electrons. The van der Waals surface area contributed by atoms with Crippen molar-refractivity contribution in [1.29, 1.82) is 0 Å². The molecular weight excluding hydrogens is 446 g/mol.